The summed E-state index contributed by atoms with van der Waals surface area (Å²) in [4.78, 5) is 0. The molecule has 1 aliphatic rings. The number of rotatable bonds is 8. The molecule has 1 aromatic carbocycles. The second-order valence-corrected chi connectivity index (χ2v) is 5.34. The number of hydrogen-bond donors (Lipinski definition) is 1. The molecule has 0 amide bonds. The van der Waals surface area contributed by atoms with E-state index in [1.54, 1.807) is 0 Å². The largest absolute Gasteiger partial charge is 0.461 e. The van der Waals surface area contributed by atoms with E-state index < -0.39 is 11.6 Å². The lowest BCUT2D eigenvalue weighted by Crippen LogP contribution is -2.21. The van der Waals surface area contributed by atoms with Crippen molar-refractivity contribution < 1.29 is 18.3 Å². The van der Waals surface area contributed by atoms with Crippen LogP contribution in [-0.4, -0.2) is 19.4 Å². The minimum Gasteiger partial charge on any atom is -0.461 e. The summed E-state index contributed by atoms with van der Waals surface area (Å²) in [5.74, 6) is -1.21. The molecule has 1 fully saturated rings. The third-order valence-corrected chi connectivity index (χ3v) is 3.42. The zero-order valence-corrected chi connectivity index (χ0v) is 11.7. The lowest BCUT2D eigenvalue weighted by atomic mass is 10.0. The molecule has 5 heteroatoms. The zero-order chi connectivity index (χ0) is 14.5. The summed E-state index contributed by atoms with van der Waals surface area (Å²) in [6.45, 7) is 2.40. The lowest BCUT2D eigenvalue weighted by Gasteiger charge is -2.12. The van der Waals surface area contributed by atoms with E-state index in [9.17, 15) is 8.78 Å². The van der Waals surface area contributed by atoms with E-state index in [-0.39, 0.29) is 18.6 Å². The molecular weight excluding hydrogens is 264 g/mol. The maximum absolute atomic E-state index is 13.8. The van der Waals surface area contributed by atoms with Crippen LogP contribution < -0.4 is 10.5 Å². The first-order chi connectivity index (χ1) is 9.60. The Morgan fingerprint density at radius 2 is 1.95 bits per heavy atom. The highest BCUT2D eigenvalue weighted by molar-refractivity contribution is 5.31. The van der Waals surface area contributed by atoms with Gasteiger partial charge in [0.25, 0.3) is 0 Å². The third-order valence-electron chi connectivity index (χ3n) is 3.42. The van der Waals surface area contributed by atoms with Gasteiger partial charge in [-0.15, -0.1) is 0 Å². The van der Waals surface area contributed by atoms with Gasteiger partial charge in [-0.05, 0) is 49.3 Å². The van der Waals surface area contributed by atoms with Crippen LogP contribution in [0.4, 0.5) is 8.78 Å². The SMILES string of the molecule is CCC(N)Cc1cc(F)c(OCOCC2CC2)c(F)c1. The fourth-order valence-corrected chi connectivity index (χ4v) is 1.92. The molecule has 2 rings (SSSR count). The van der Waals surface area contributed by atoms with Crippen LogP contribution in [0.15, 0.2) is 12.1 Å². The van der Waals surface area contributed by atoms with Crippen molar-refractivity contribution in [2.75, 3.05) is 13.4 Å². The van der Waals surface area contributed by atoms with Crippen molar-refractivity contribution >= 4 is 0 Å². The first-order valence-electron chi connectivity index (χ1n) is 7.04. The predicted octanol–water partition coefficient (Wildman–Crippen LogP) is 3.01. The Balaban J connectivity index is 1.90. The van der Waals surface area contributed by atoms with Crippen LogP contribution in [0.2, 0.25) is 0 Å². The highest BCUT2D eigenvalue weighted by Crippen LogP contribution is 2.29. The first kappa shape index (κ1) is 15.2. The van der Waals surface area contributed by atoms with Crippen molar-refractivity contribution in [2.45, 2.75) is 38.6 Å². The number of benzene rings is 1. The Hall–Kier alpha value is -1.20. The first-order valence-corrected chi connectivity index (χ1v) is 7.04. The minimum atomic E-state index is -0.710. The average molecular weight is 285 g/mol. The van der Waals surface area contributed by atoms with E-state index >= 15 is 0 Å². The summed E-state index contributed by atoms with van der Waals surface area (Å²) in [6, 6.07) is 2.45. The van der Waals surface area contributed by atoms with Gasteiger partial charge in [-0.2, -0.15) is 0 Å². The summed E-state index contributed by atoms with van der Waals surface area (Å²) < 4.78 is 37.8. The molecule has 1 aliphatic carbocycles. The third kappa shape index (κ3) is 4.42. The Labute approximate surface area is 118 Å². The van der Waals surface area contributed by atoms with Crippen LogP contribution in [0, 0.1) is 17.6 Å². The van der Waals surface area contributed by atoms with Gasteiger partial charge in [0.1, 0.15) is 0 Å². The van der Waals surface area contributed by atoms with Crippen LogP contribution >= 0.6 is 0 Å². The topological polar surface area (TPSA) is 44.5 Å². The van der Waals surface area contributed by atoms with Gasteiger partial charge in [-0.25, -0.2) is 8.78 Å². The van der Waals surface area contributed by atoms with E-state index in [4.69, 9.17) is 15.2 Å². The Morgan fingerprint density at radius 1 is 1.30 bits per heavy atom. The quantitative estimate of drug-likeness (QED) is 0.590. The lowest BCUT2D eigenvalue weighted by molar-refractivity contribution is 0.00570. The second-order valence-electron chi connectivity index (χ2n) is 5.34. The smallest absolute Gasteiger partial charge is 0.193 e. The molecule has 112 valence electrons. The van der Waals surface area contributed by atoms with E-state index in [0.29, 0.717) is 24.5 Å². The molecule has 1 unspecified atom stereocenters. The molecule has 0 heterocycles. The molecule has 0 radical (unpaired) electrons. The van der Waals surface area contributed by atoms with Gasteiger partial charge in [0.15, 0.2) is 24.2 Å². The number of hydrogen-bond acceptors (Lipinski definition) is 3. The van der Waals surface area contributed by atoms with Crippen molar-refractivity contribution in [3.63, 3.8) is 0 Å². The predicted molar refractivity (Wildman–Crippen MR) is 72.5 cm³/mol. The average Bonchev–Trinajstić information content (AvgIpc) is 3.21. The highest BCUT2D eigenvalue weighted by Gasteiger charge is 2.21. The molecule has 0 aliphatic heterocycles. The van der Waals surface area contributed by atoms with Crippen LogP contribution in [0.1, 0.15) is 31.7 Å². The van der Waals surface area contributed by atoms with Gasteiger partial charge in [0, 0.05) is 6.04 Å². The second kappa shape index (κ2) is 6.99. The summed E-state index contributed by atoms with van der Waals surface area (Å²) in [5, 5.41) is 0. The van der Waals surface area contributed by atoms with E-state index in [0.717, 1.165) is 19.3 Å². The van der Waals surface area contributed by atoms with E-state index in [2.05, 4.69) is 0 Å². The van der Waals surface area contributed by atoms with Gasteiger partial charge in [0.05, 0.1) is 6.61 Å². The maximum atomic E-state index is 13.8. The molecule has 0 aromatic heterocycles. The van der Waals surface area contributed by atoms with Crippen molar-refractivity contribution in [3.05, 3.63) is 29.3 Å². The maximum Gasteiger partial charge on any atom is 0.193 e. The van der Waals surface area contributed by atoms with Gasteiger partial charge >= 0.3 is 0 Å². The molecule has 0 bridgehead atoms. The molecule has 1 atom stereocenters. The van der Waals surface area contributed by atoms with Crippen LogP contribution in [-0.2, 0) is 11.2 Å². The summed E-state index contributed by atoms with van der Waals surface area (Å²) >= 11 is 0. The highest BCUT2D eigenvalue weighted by atomic mass is 19.1. The minimum absolute atomic E-state index is 0.0950. The van der Waals surface area contributed by atoms with Gasteiger partial charge in [-0.3, -0.25) is 0 Å². The number of nitrogens with two attached hydrogens (primary N) is 1. The van der Waals surface area contributed by atoms with Crippen molar-refractivity contribution in [1.29, 1.82) is 0 Å². The summed E-state index contributed by atoms with van der Waals surface area (Å²) in [7, 11) is 0. The molecule has 1 aromatic rings. The Bertz CT molecular complexity index is 426. The molecule has 2 N–H and O–H groups in total. The fraction of sp³-hybridized carbons (Fsp3) is 0.600. The monoisotopic (exact) mass is 285 g/mol. The van der Waals surface area contributed by atoms with Gasteiger partial charge in [-0.1, -0.05) is 6.92 Å². The molecule has 20 heavy (non-hydrogen) atoms. The van der Waals surface area contributed by atoms with Gasteiger partial charge in [0.2, 0.25) is 0 Å². The summed E-state index contributed by atoms with van der Waals surface area (Å²) in [6.07, 6.45) is 3.53. The summed E-state index contributed by atoms with van der Waals surface area (Å²) in [5.41, 5.74) is 6.32. The molecule has 1 saturated carbocycles. The van der Waals surface area contributed by atoms with Crippen molar-refractivity contribution in [1.82, 2.24) is 0 Å². The number of halogens is 2. The van der Waals surface area contributed by atoms with E-state index in [1.807, 2.05) is 6.92 Å². The Kier molecular flexibility index (Phi) is 5.31. The standard InChI is InChI=1S/C15H21F2NO2/c1-2-12(18)5-11-6-13(16)15(14(17)7-11)20-9-19-8-10-3-4-10/h6-7,10,12H,2-5,8-9,18H2,1H3. The molecular formula is C15H21F2NO2. The molecule has 0 spiro atoms. The zero-order valence-electron chi connectivity index (χ0n) is 11.7. The fourth-order valence-electron chi connectivity index (χ4n) is 1.92. The number of ether oxygens (including phenoxy) is 2. The van der Waals surface area contributed by atoms with Crippen LogP contribution in [0.5, 0.6) is 5.75 Å². The van der Waals surface area contributed by atoms with Crippen LogP contribution in [0.3, 0.4) is 0 Å². The van der Waals surface area contributed by atoms with Gasteiger partial charge < -0.3 is 15.2 Å². The van der Waals surface area contributed by atoms with Crippen LogP contribution in [0.25, 0.3) is 0 Å². The Morgan fingerprint density at radius 3 is 2.50 bits per heavy atom. The molecule has 3 nitrogen and oxygen atoms in total. The van der Waals surface area contributed by atoms with Crippen molar-refractivity contribution in [3.8, 4) is 5.75 Å². The van der Waals surface area contributed by atoms with Crippen molar-refractivity contribution in [2.24, 2.45) is 11.7 Å². The van der Waals surface area contributed by atoms with E-state index in [1.165, 1.54) is 12.1 Å². The normalized spacial score (nSPS) is 16.2. The molecule has 0 saturated heterocycles.